The van der Waals surface area contributed by atoms with Gasteiger partial charge in [-0.15, -0.1) is 0 Å². The van der Waals surface area contributed by atoms with Crippen molar-refractivity contribution in [3.8, 4) is 0 Å². The summed E-state index contributed by atoms with van der Waals surface area (Å²) in [6.07, 6.45) is 2.53. The molecule has 0 aliphatic carbocycles. The third-order valence-corrected chi connectivity index (χ3v) is 7.25. The van der Waals surface area contributed by atoms with Crippen molar-refractivity contribution in [2.45, 2.75) is 98.8 Å². The van der Waals surface area contributed by atoms with Crippen LogP contribution >= 0.6 is 0 Å². The standard InChI is InChI=1S/C33H50N4O6/c1-18(2)14-25(31(40)35-26(15-19(3)4)32(41)36-27(16-20(5)6)33(42)43-9)34-28(38)17-24-22-12-10-11-13-23(22)30(39)37-29(24)21(7)8/h10-13,17-21,25-27,29H,14-16H2,1-9H3,(H,34,38)(H,35,40)(H,36,41)(H,37,39)/b24-17-. The van der Waals surface area contributed by atoms with E-state index in [0.29, 0.717) is 36.0 Å². The molecule has 10 heteroatoms. The molecule has 0 saturated carbocycles. The molecule has 238 valence electrons. The first-order chi connectivity index (χ1) is 20.1. The van der Waals surface area contributed by atoms with Gasteiger partial charge in [0, 0.05) is 11.6 Å². The van der Waals surface area contributed by atoms with Gasteiger partial charge < -0.3 is 26.0 Å². The average Bonchev–Trinajstić information content (AvgIpc) is 2.91. The molecule has 1 heterocycles. The highest BCUT2D eigenvalue weighted by Gasteiger charge is 2.33. The fourth-order valence-corrected chi connectivity index (χ4v) is 5.22. The van der Waals surface area contributed by atoms with Crippen LogP contribution < -0.4 is 21.3 Å². The van der Waals surface area contributed by atoms with Crippen molar-refractivity contribution in [3.63, 3.8) is 0 Å². The molecule has 4 atom stereocenters. The lowest BCUT2D eigenvalue weighted by molar-refractivity contribution is -0.146. The summed E-state index contributed by atoms with van der Waals surface area (Å²) in [5.74, 6) is -1.91. The molecule has 10 nitrogen and oxygen atoms in total. The van der Waals surface area contributed by atoms with Gasteiger partial charge in [0.15, 0.2) is 0 Å². The zero-order chi connectivity index (χ0) is 32.4. The molecule has 1 aliphatic rings. The van der Waals surface area contributed by atoms with E-state index in [1.54, 1.807) is 12.1 Å². The number of fused-ring (bicyclic) bond motifs is 1. The van der Waals surface area contributed by atoms with Gasteiger partial charge in [-0.25, -0.2) is 4.79 Å². The summed E-state index contributed by atoms with van der Waals surface area (Å²) >= 11 is 0. The SMILES string of the molecule is COC(=O)C(CC(C)C)NC(=O)C(CC(C)C)NC(=O)C(CC(C)C)NC(=O)/C=C1/c2ccccc2C(=O)NC1C(C)C. The van der Waals surface area contributed by atoms with Gasteiger partial charge in [0.2, 0.25) is 17.7 Å². The van der Waals surface area contributed by atoms with Crippen LogP contribution in [0.4, 0.5) is 0 Å². The van der Waals surface area contributed by atoms with Crippen LogP contribution in [0.2, 0.25) is 0 Å². The van der Waals surface area contributed by atoms with E-state index in [1.807, 2.05) is 67.5 Å². The summed E-state index contributed by atoms with van der Waals surface area (Å²) in [7, 11) is 1.27. The minimum atomic E-state index is -0.914. The van der Waals surface area contributed by atoms with Crippen molar-refractivity contribution < 1.29 is 28.7 Å². The molecule has 43 heavy (non-hydrogen) atoms. The number of methoxy groups -OCH3 is 1. The Bertz CT molecular complexity index is 1190. The molecule has 2 rings (SSSR count). The smallest absolute Gasteiger partial charge is 0.328 e. The third-order valence-electron chi connectivity index (χ3n) is 7.25. The molecular formula is C33H50N4O6. The maximum atomic E-state index is 13.6. The molecule has 1 aromatic rings. The number of nitrogens with one attached hydrogen (secondary N) is 4. The summed E-state index contributed by atoms with van der Waals surface area (Å²) < 4.78 is 4.88. The van der Waals surface area contributed by atoms with Gasteiger partial charge in [-0.1, -0.05) is 73.6 Å². The van der Waals surface area contributed by atoms with Crippen molar-refractivity contribution >= 4 is 35.2 Å². The van der Waals surface area contributed by atoms with Crippen molar-refractivity contribution in [1.29, 1.82) is 0 Å². The van der Waals surface area contributed by atoms with Gasteiger partial charge in [0.05, 0.1) is 13.2 Å². The number of carbonyl (C=O) groups excluding carboxylic acids is 5. The quantitative estimate of drug-likeness (QED) is 0.190. The van der Waals surface area contributed by atoms with Crippen LogP contribution in [0.1, 0.15) is 90.6 Å². The minimum Gasteiger partial charge on any atom is -0.467 e. The molecule has 1 aromatic carbocycles. The molecule has 0 spiro atoms. The van der Waals surface area contributed by atoms with Crippen molar-refractivity contribution in [3.05, 3.63) is 41.5 Å². The van der Waals surface area contributed by atoms with E-state index < -0.39 is 41.8 Å². The maximum Gasteiger partial charge on any atom is 0.328 e. The molecule has 0 radical (unpaired) electrons. The van der Waals surface area contributed by atoms with Gasteiger partial charge in [-0.2, -0.15) is 0 Å². The Labute approximate surface area is 256 Å². The zero-order valence-corrected chi connectivity index (χ0v) is 27.1. The molecule has 1 aliphatic heterocycles. The lowest BCUT2D eigenvalue weighted by atomic mass is 9.84. The predicted molar refractivity (Wildman–Crippen MR) is 167 cm³/mol. The monoisotopic (exact) mass is 598 g/mol. The highest BCUT2D eigenvalue weighted by atomic mass is 16.5. The molecule has 4 amide bonds. The molecular weight excluding hydrogens is 548 g/mol. The summed E-state index contributed by atoms with van der Waals surface area (Å²) in [4.78, 5) is 65.3. The van der Waals surface area contributed by atoms with E-state index in [9.17, 15) is 24.0 Å². The van der Waals surface area contributed by atoms with Gasteiger partial charge in [0.1, 0.15) is 18.1 Å². The highest BCUT2D eigenvalue weighted by Crippen LogP contribution is 2.30. The predicted octanol–water partition coefficient (Wildman–Crippen LogP) is 3.60. The fraction of sp³-hybridized carbons (Fsp3) is 0.606. The maximum absolute atomic E-state index is 13.6. The fourth-order valence-electron chi connectivity index (χ4n) is 5.22. The highest BCUT2D eigenvalue weighted by molar-refractivity contribution is 6.07. The Morgan fingerprint density at radius 3 is 1.72 bits per heavy atom. The molecule has 0 aromatic heterocycles. The zero-order valence-electron chi connectivity index (χ0n) is 27.1. The molecule has 4 N–H and O–H groups in total. The Morgan fingerprint density at radius 1 is 0.767 bits per heavy atom. The minimum absolute atomic E-state index is 0.0194. The van der Waals surface area contributed by atoms with Gasteiger partial charge in [0.25, 0.3) is 5.91 Å². The topological polar surface area (TPSA) is 143 Å². The Kier molecular flexibility index (Phi) is 13.4. The average molecular weight is 599 g/mol. The van der Waals surface area contributed by atoms with Crippen LogP contribution in [-0.2, 0) is 23.9 Å². The van der Waals surface area contributed by atoms with Crippen molar-refractivity contribution in [1.82, 2.24) is 21.3 Å². The van der Waals surface area contributed by atoms with Crippen LogP contribution in [0.15, 0.2) is 30.3 Å². The second kappa shape index (κ2) is 16.2. The van der Waals surface area contributed by atoms with Crippen LogP contribution in [0.3, 0.4) is 0 Å². The van der Waals surface area contributed by atoms with Crippen molar-refractivity contribution in [2.75, 3.05) is 7.11 Å². The Hall–Kier alpha value is -3.69. The van der Waals surface area contributed by atoms with Crippen molar-refractivity contribution in [2.24, 2.45) is 23.7 Å². The van der Waals surface area contributed by atoms with E-state index >= 15 is 0 Å². The van der Waals surface area contributed by atoms with E-state index in [-0.39, 0.29) is 35.6 Å². The van der Waals surface area contributed by atoms with E-state index in [1.165, 1.54) is 13.2 Å². The number of ether oxygens (including phenoxy) is 1. The number of amides is 4. The van der Waals surface area contributed by atoms with E-state index in [2.05, 4.69) is 21.3 Å². The first kappa shape index (κ1) is 35.5. The largest absolute Gasteiger partial charge is 0.467 e. The Balaban J connectivity index is 2.31. The van der Waals surface area contributed by atoms with E-state index in [0.717, 1.165) is 0 Å². The number of esters is 1. The first-order valence-corrected chi connectivity index (χ1v) is 15.2. The van der Waals surface area contributed by atoms with Crippen LogP contribution in [0.25, 0.3) is 5.57 Å². The lowest BCUT2D eigenvalue weighted by Gasteiger charge is -2.31. The van der Waals surface area contributed by atoms with E-state index in [4.69, 9.17) is 4.74 Å². The number of hydrogen-bond donors (Lipinski definition) is 4. The first-order valence-electron chi connectivity index (χ1n) is 15.2. The molecule has 0 fully saturated rings. The number of hydrogen-bond acceptors (Lipinski definition) is 6. The molecule has 4 unspecified atom stereocenters. The second-order valence-corrected chi connectivity index (χ2v) is 12.9. The Morgan fingerprint density at radius 2 is 1.23 bits per heavy atom. The van der Waals surface area contributed by atoms with Gasteiger partial charge in [-0.05, 0) is 60.1 Å². The number of carbonyl (C=O) groups is 5. The normalized spacial score (nSPS) is 17.7. The summed E-state index contributed by atoms with van der Waals surface area (Å²) in [6.45, 7) is 15.6. The molecule has 0 saturated heterocycles. The van der Waals surface area contributed by atoms with Crippen LogP contribution in [0.5, 0.6) is 0 Å². The number of rotatable bonds is 14. The lowest BCUT2D eigenvalue weighted by Crippen LogP contribution is -2.56. The summed E-state index contributed by atoms with van der Waals surface area (Å²) in [5, 5.41) is 11.4. The summed E-state index contributed by atoms with van der Waals surface area (Å²) in [6, 6.07) is 4.08. The van der Waals surface area contributed by atoms with Gasteiger partial charge in [-0.3, -0.25) is 19.2 Å². The second-order valence-electron chi connectivity index (χ2n) is 12.9. The summed E-state index contributed by atoms with van der Waals surface area (Å²) in [5.41, 5.74) is 1.84. The van der Waals surface area contributed by atoms with Crippen LogP contribution in [-0.4, -0.2) is 60.9 Å². The third kappa shape index (κ3) is 10.5. The van der Waals surface area contributed by atoms with Gasteiger partial charge >= 0.3 is 5.97 Å². The van der Waals surface area contributed by atoms with Crippen LogP contribution in [0, 0.1) is 23.7 Å². The molecule has 0 bridgehead atoms. The number of benzene rings is 1.